The second-order valence-electron chi connectivity index (χ2n) is 6.09. The second kappa shape index (κ2) is 7.95. The zero-order valence-electron chi connectivity index (χ0n) is 14.3. The summed E-state index contributed by atoms with van der Waals surface area (Å²) in [6, 6.07) is 8.93. The maximum absolute atomic E-state index is 12.2. The van der Waals surface area contributed by atoms with Gasteiger partial charge in [-0.3, -0.25) is 14.8 Å². The molecule has 0 saturated heterocycles. The number of hydrogen-bond donors (Lipinski definition) is 5. The van der Waals surface area contributed by atoms with Crippen molar-refractivity contribution in [2.45, 2.75) is 18.4 Å². The number of phenolic OH excluding ortho intramolecular Hbond substituents is 3. The van der Waals surface area contributed by atoms with Gasteiger partial charge in [0.25, 0.3) is 0 Å². The molecule has 0 radical (unpaired) electrons. The van der Waals surface area contributed by atoms with Crippen LogP contribution in [-0.2, 0) is 21.6 Å². The number of nitrogens with zero attached hydrogens (tertiary/aromatic N) is 1. The van der Waals surface area contributed by atoms with Crippen LogP contribution in [0.25, 0.3) is 0 Å². The Morgan fingerprint density at radius 1 is 1.04 bits per heavy atom. The molecule has 0 aromatic heterocycles. The summed E-state index contributed by atoms with van der Waals surface area (Å²) in [5.74, 6) is -4.63. The smallest absolute Gasteiger partial charge is 0.313 e. The Hall–Kier alpha value is -2.62. The maximum Gasteiger partial charge on any atom is 0.313 e. The van der Waals surface area contributed by atoms with E-state index in [0.29, 0.717) is 5.56 Å². The van der Waals surface area contributed by atoms with E-state index in [1.165, 1.54) is 0 Å². The summed E-state index contributed by atoms with van der Waals surface area (Å²) in [6.45, 7) is 0. The molecule has 9 heteroatoms. The average molecular weight is 440 g/mol. The van der Waals surface area contributed by atoms with Crippen molar-refractivity contribution in [3.8, 4) is 17.2 Å². The minimum atomic E-state index is -2.09. The molecular weight excluding hydrogens is 422 g/mol. The molecule has 0 heterocycles. The van der Waals surface area contributed by atoms with Crippen molar-refractivity contribution in [2.75, 3.05) is 7.05 Å². The highest BCUT2D eigenvalue weighted by molar-refractivity contribution is 9.10. The van der Waals surface area contributed by atoms with Crippen LogP contribution in [0.1, 0.15) is 17.5 Å². The van der Waals surface area contributed by atoms with Crippen LogP contribution in [0.4, 0.5) is 0 Å². The molecule has 2 rings (SSSR count). The average Bonchev–Trinajstić information content (AvgIpc) is 2.60. The monoisotopic (exact) mass is 439 g/mol. The van der Waals surface area contributed by atoms with Gasteiger partial charge in [-0.1, -0.05) is 28.1 Å². The molecule has 0 fully saturated rings. The normalized spacial score (nSPS) is 13.0. The molecule has 0 bridgehead atoms. The van der Waals surface area contributed by atoms with Crippen molar-refractivity contribution in [1.29, 1.82) is 0 Å². The van der Waals surface area contributed by atoms with Gasteiger partial charge in [0.05, 0.1) is 0 Å². The largest absolute Gasteiger partial charge is 0.504 e. The third-order valence-electron chi connectivity index (χ3n) is 4.03. The number of ketones is 1. The molecule has 1 atom stereocenters. The molecule has 0 spiro atoms. The molecule has 27 heavy (non-hydrogen) atoms. The van der Waals surface area contributed by atoms with Crippen LogP contribution < -0.4 is 0 Å². The number of phenols is 3. The summed E-state index contributed by atoms with van der Waals surface area (Å²) < 4.78 is 0.785. The number of Topliss-reactive ketones (excluding diaryl/α,β-unsaturated/α-hetero) is 1. The lowest BCUT2D eigenvalue weighted by atomic mass is 9.82. The molecule has 1 amide bonds. The van der Waals surface area contributed by atoms with E-state index in [1.54, 1.807) is 24.3 Å². The first-order valence-electron chi connectivity index (χ1n) is 7.76. The van der Waals surface area contributed by atoms with E-state index in [4.69, 9.17) is 5.21 Å². The fraction of sp³-hybridized carbons (Fsp3) is 0.222. The van der Waals surface area contributed by atoms with Crippen molar-refractivity contribution in [2.24, 2.45) is 0 Å². The zero-order valence-corrected chi connectivity index (χ0v) is 15.8. The highest BCUT2D eigenvalue weighted by Crippen LogP contribution is 2.44. The number of aromatic hydroxyl groups is 3. The van der Waals surface area contributed by atoms with Crippen LogP contribution >= 0.6 is 15.9 Å². The van der Waals surface area contributed by atoms with Crippen molar-refractivity contribution in [1.82, 2.24) is 5.06 Å². The van der Waals surface area contributed by atoms with Crippen LogP contribution in [0.15, 0.2) is 40.9 Å². The van der Waals surface area contributed by atoms with E-state index in [1.807, 2.05) is 0 Å². The molecule has 1 unspecified atom stereocenters. The number of carbonyl (C=O) groups excluding carboxylic acids is 2. The molecule has 0 aliphatic rings. The molecular formula is C18H18BrNO7. The predicted octanol–water partition coefficient (Wildman–Crippen LogP) is 1.80. The van der Waals surface area contributed by atoms with Gasteiger partial charge in [0.2, 0.25) is 11.5 Å². The Balaban J connectivity index is 2.50. The Morgan fingerprint density at radius 2 is 1.63 bits per heavy atom. The van der Waals surface area contributed by atoms with Crippen LogP contribution in [-0.4, -0.2) is 49.4 Å². The van der Waals surface area contributed by atoms with E-state index in [2.05, 4.69) is 15.9 Å². The lowest BCUT2D eigenvalue weighted by molar-refractivity contribution is -0.167. The number of benzene rings is 2. The lowest BCUT2D eigenvalue weighted by Gasteiger charge is -2.29. The fourth-order valence-corrected chi connectivity index (χ4v) is 2.92. The van der Waals surface area contributed by atoms with E-state index >= 15 is 0 Å². The third kappa shape index (κ3) is 4.57. The minimum Gasteiger partial charge on any atom is -0.504 e. The molecule has 0 aliphatic carbocycles. The van der Waals surface area contributed by atoms with Gasteiger partial charge in [-0.05, 0) is 29.8 Å². The Bertz CT molecular complexity index is 867. The summed E-state index contributed by atoms with van der Waals surface area (Å²) in [5.41, 5.74) is -1.76. The molecule has 5 N–H and O–H groups in total. The fourth-order valence-electron chi connectivity index (χ4n) is 2.66. The summed E-state index contributed by atoms with van der Waals surface area (Å²) in [7, 11) is 0.970. The Labute approximate surface area is 163 Å². The molecule has 2 aromatic rings. The van der Waals surface area contributed by atoms with E-state index in [-0.39, 0.29) is 17.0 Å². The van der Waals surface area contributed by atoms with Gasteiger partial charge >= 0.3 is 5.91 Å². The molecule has 2 aromatic carbocycles. The van der Waals surface area contributed by atoms with Gasteiger partial charge < -0.3 is 20.4 Å². The third-order valence-corrected chi connectivity index (χ3v) is 4.56. The van der Waals surface area contributed by atoms with Crippen LogP contribution in [0.5, 0.6) is 17.2 Å². The van der Waals surface area contributed by atoms with Gasteiger partial charge in [-0.2, -0.15) is 0 Å². The van der Waals surface area contributed by atoms with Crippen LogP contribution in [0, 0.1) is 0 Å². The zero-order chi connectivity index (χ0) is 20.4. The number of halogens is 1. The number of hydrogen-bond acceptors (Lipinski definition) is 7. The number of hydroxylamine groups is 2. The highest BCUT2D eigenvalue weighted by atomic mass is 79.9. The van der Waals surface area contributed by atoms with Gasteiger partial charge in [0.1, 0.15) is 5.60 Å². The van der Waals surface area contributed by atoms with E-state index in [0.717, 1.165) is 23.7 Å². The standard InChI is InChI=1S/C18H18BrNO7/c1-20(27)17(25)14(22)9-18(26,8-10-2-4-11(19)5-3-10)12-6-7-13(21)16(24)15(12)23/h2-7,21,23-24,26-27H,8-9H2,1H3. The van der Waals surface area contributed by atoms with Crippen LogP contribution in [0.3, 0.4) is 0 Å². The number of likely N-dealkylation sites (N-methyl/N-ethyl adjacent to an activating group) is 1. The van der Waals surface area contributed by atoms with Crippen LogP contribution in [0.2, 0.25) is 0 Å². The minimum absolute atomic E-state index is 0.0938. The lowest BCUT2D eigenvalue weighted by Crippen LogP contribution is -2.38. The van der Waals surface area contributed by atoms with Crippen molar-refractivity contribution in [3.05, 3.63) is 52.0 Å². The summed E-state index contributed by atoms with van der Waals surface area (Å²) >= 11 is 3.28. The molecule has 144 valence electrons. The quantitative estimate of drug-likeness (QED) is 0.200. The SMILES string of the molecule is CN(O)C(=O)C(=O)CC(O)(Cc1ccc(Br)cc1)c1ccc(O)c(O)c1O. The summed E-state index contributed by atoms with van der Waals surface area (Å²) in [4.78, 5) is 23.9. The Kier molecular flexibility index (Phi) is 6.09. The molecule has 8 nitrogen and oxygen atoms in total. The van der Waals surface area contributed by atoms with E-state index in [9.17, 15) is 30.0 Å². The van der Waals surface area contributed by atoms with Crippen molar-refractivity contribution >= 4 is 27.6 Å². The number of carbonyl (C=O) groups is 2. The number of amides is 1. The number of aliphatic hydroxyl groups is 1. The van der Waals surface area contributed by atoms with Gasteiger partial charge in [0, 0.05) is 29.9 Å². The predicted molar refractivity (Wildman–Crippen MR) is 97.4 cm³/mol. The van der Waals surface area contributed by atoms with Gasteiger partial charge in [0.15, 0.2) is 11.5 Å². The van der Waals surface area contributed by atoms with Gasteiger partial charge in [-0.15, -0.1) is 0 Å². The first-order chi connectivity index (χ1) is 12.5. The molecule has 0 saturated carbocycles. The second-order valence-corrected chi connectivity index (χ2v) is 7.01. The maximum atomic E-state index is 12.2. The molecule has 0 aliphatic heterocycles. The summed E-state index contributed by atoms with van der Waals surface area (Å²) in [6.07, 6.45) is -0.962. The van der Waals surface area contributed by atoms with Crippen molar-refractivity contribution in [3.63, 3.8) is 0 Å². The van der Waals surface area contributed by atoms with E-state index < -0.39 is 41.0 Å². The topological polar surface area (TPSA) is 139 Å². The van der Waals surface area contributed by atoms with Gasteiger partial charge in [-0.25, -0.2) is 5.06 Å². The number of rotatable bonds is 6. The first-order valence-corrected chi connectivity index (χ1v) is 8.55. The highest BCUT2D eigenvalue weighted by Gasteiger charge is 2.38. The van der Waals surface area contributed by atoms with Crippen molar-refractivity contribution < 1.29 is 35.2 Å². The summed E-state index contributed by atoms with van der Waals surface area (Å²) in [5, 5.41) is 49.9. The Morgan fingerprint density at radius 3 is 2.19 bits per heavy atom. The first kappa shape index (κ1) is 20.7.